The quantitative estimate of drug-likeness (QED) is 0.907. The number of nitrogens with zero attached hydrogens (tertiary/aromatic N) is 1. The molecule has 1 aliphatic heterocycles. The lowest BCUT2D eigenvalue weighted by Gasteiger charge is -2.26. The second kappa shape index (κ2) is 5.26. The summed E-state index contributed by atoms with van der Waals surface area (Å²) in [6.45, 7) is 5.90. The van der Waals surface area contributed by atoms with Crippen molar-refractivity contribution in [2.75, 3.05) is 32.7 Å². The van der Waals surface area contributed by atoms with E-state index < -0.39 is 0 Å². The van der Waals surface area contributed by atoms with Gasteiger partial charge in [-0.2, -0.15) is 0 Å². The van der Waals surface area contributed by atoms with Crippen molar-refractivity contribution in [3.05, 3.63) is 20.8 Å². The summed E-state index contributed by atoms with van der Waals surface area (Å²) in [6, 6.07) is 2.23. The molecule has 1 aromatic rings. The van der Waals surface area contributed by atoms with E-state index in [1.54, 1.807) is 0 Å². The van der Waals surface area contributed by atoms with Crippen molar-refractivity contribution in [3.63, 3.8) is 0 Å². The fourth-order valence-electron chi connectivity index (χ4n) is 1.69. The van der Waals surface area contributed by atoms with Gasteiger partial charge in [0.1, 0.15) is 0 Å². The van der Waals surface area contributed by atoms with E-state index in [4.69, 9.17) is 0 Å². The van der Waals surface area contributed by atoms with Gasteiger partial charge >= 0.3 is 0 Å². The van der Waals surface area contributed by atoms with E-state index in [2.05, 4.69) is 37.6 Å². The number of hydrogen-bond acceptors (Lipinski definition) is 3. The molecule has 0 saturated carbocycles. The van der Waals surface area contributed by atoms with E-state index in [0.717, 1.165) is 13.1 Å². The number of rotatable bonds is 3. The summed E-state index contributed by atoms with van der Waals surface area (Å²) in [5.74, 6) is 0. The molecule has 0 spiro atoms. The number of halogens is 1. The van der Waals surface area contributed by atoms with Crippen molar-refractivity contribution in [1.29, 1.82) is 0 Å². The van der Waals surface area contributed by atoms with Gasteiger partial charge in [0.2, 0.25) is 0 Å². The van der Waals surface area contributed by atoms with Crippen LogP contribution in [-0.4, -0.2) is 37.6 Å². The maximum Gasteiger partial charge on any atom is 0.0285 e. The summed E-state index contributed by atoms with van der Waals surface area (Å²) in [4.78, 5) is 4.01. The van der Waals surface area contributed by atoms with Crippen LogP contribution in [0.3, 0.4) is 0 Å². The minimum Gasteiger partial charge on any atom is -0.314 e. The van der Waals surface area contributed by atoms with Gasteiger partial charge in [-0.3, -0.25) is 0 Å². The first-order chi connectivity index (χ1) is 6.84. The standard InChI is InChI=1S/C10H15BrN2S/c11-9-7-10(14-8-9)1-4-13-5-2-12-3-6-13/h7-8,12H,1-6H2. The molecule has 0 bridgehead atoms. The van der Waals surface area contributed by atoms with Gasteiger partial charge in [-0.15, -0.1) is 11.3 Å². The number of nitrogens with one attached hydrogen (secondary N) is 1. The van der Waals surface area contributed by atoms with Gasteiger partial charge in [-0.25, -0.2) is 0 Å². The molecule has 0 unspecified atom stereocenters. The summed E-state index contributed by atoms with van der Waals surface area (Å²) in [5.41, 5.74) is 0. The van der Waals surface area contributed by atoms with Crippen LogP contribution in [0, 0.1) is 0 Å². The average molecular weight is 275 g/mol. The fraction of sp³-hybridized carbons (Fsp3) is 0.600. The van der Waals surface area contributed by atoms with Crippen LogP contribution in [0.25, 0.3) is 0 Å². The smallest absolute Gasteiger partial charge is 0.0285 e. The predicted octanol–water partition coefficient (Wildman–Crippen LogP) is 1.96. The molecule has 0 atom stereocenters. The first-order valence-corrected chi connectivity index (χ1v) is 6.68. The Morgan fingerprint density at radius 2 is 2.21 bits per heavy atom. The summed E-state index contributed by atoms with van der Waals surface area (Å²) in [6.07, 6.45) is 1.19. The monoisotopic (exact) mass is 274 g/mol. The number of hydrogen-bond donors (Lipinski definition) is 1. The maximum absolute atomic E-state index is 3.48. The average Bonchev–Trinajstić information content (AvgIpc) is 2.63. The van der Waals surface area contributed by atoms with Crippen molar-refractivity contribution in [2.45, 2.75) is 6.42 Å². The maximum atomic E-state index is 3.48. The van der Waals surface area contributed by atoms with Crippen LogP contribution in [0.15, 0.2) is 15.9 Å². The number of thiophene rings is 1. The third-order valence-electron chi connectivity index (χ3n) is 2.51. The van der Waals surface area contributed by atoms with Crippen molar-refractivity contribution >= 4 is 27.3 Å². The zero-order valence-electron chi connectivity index (χ0n) is 8.13. The Hall–Kier alpha value is 0.1000. The third-order valence-corrected chi connectivity index (χ3v) is 4.26. The molecule has 4 heteroatoms. The Bertz CT molecular complexity index is 281. The van der Waals surface area contributed by atoms with Gasteiger partial charge in [0, 0.05) is 47.5 Å². The zero-order valence-corrected chi connectivity index (χ0v) is 10.5. The predicted molar refractivity (Wildman–Crippen MR) is 65.0 cm³/mol. The molecular formula is C10H15BrN2S. The molecule has 0 aliphatic carbocycles. The lowest BCUT2D eigenvalue weighted by molar-refractivity contribution is 0.244. The first kappa shape index (κ1) is 10.6. The Morgan fingerprint density at radius 3 is 2.86 bits per heavy atom. The van der Waals surface area contributed by atoms with Gasteiger partial charge < -0.3 is 10.2 Å². The van der Waals surface area contributed by atoms with E-state index in [1.807, 2.05) is 11.3 Å². The molecule has 0 aromatic carbocycles. The molecule has 0 amide bonds. The largest absolute Gasteiger partial charge is 0.314 e. The van der Waals surface area contributed by atoms with Crippen LogP contribution in [0.4, 0.5) is 0 Å². The fourth-order valence-corrected chi connectivity index (χ4v) is 3.13. The lowest BCUT2D eigenvalue weighted by Crippen LogP contribution is -2.44. The Morgan fingerprint density at radius 1 is 1.43 bits per heavy atom. The molecule has 2 nitrogen and oxygen atoms in total. The SMILES string of the molecule is Brc1csc(CCN2CCNCC2)c1. The molecule has 78 valence electrons. The minimum absolute atomic E-state index is 1.15. The molecule has 0 radical (unpaired) electrons. The van der Waals surface area contributed by atoms with Gasteiger partial charge in [0.05, 0.1) is 0 Å². The minimum atomic E-state index is 1.15. The van der Waals surface area contributed by atoms with Crippen molar-refractivity contribution in [2.24, 2.45) is 0 Å². The van der Waals surface area contributed by atoms with E-state index in [1.165, 1.54) is 35.4 Å². The van der Waals surface area contributed by atoms with E-state index in [9.17, 15) is 0 Å². The van der Waals surface area contributed by atoms with Crippen molar-refractivity contribution < 1.29 is 0 Å². The van der Waals surface area contributed by atoms with E-state index >= 15 is 0 Å². The lowest BCUT2D eigenvalue weighted by atomic mass is 10.3. The van der Waals surface area contributed by atoms with Gasteiger partial charge in [0.25, 0.3) is 0 Å². The third kappa shape index (κ3) is 3.05. The Kier molecular flexibility index (Phi) is 3.99. The van der Waals surface area contributed by atoms with Gasteiger partial charge in [0.15, 0.2) is 0 Å². The highest BCUT2D eigenvalue weighted by molar-refractivity contribution is 9.10. The summed E-state index contributed by atoms with van der Waals surface area (Å²) >= 11 is 5.33. The van der Waals surface area contributed by atoms with Crippen LogP contribution in [0.5, 0.6) is 0 Å². The highest BCUT2D eigenvalue weighted by atomic mass is 79.9. The van der Waals surface area contributed by atoms with Gasteiger partial charge in [-0.05, 0) is 28.4 Å². The highest BCUT2D eigenvalue weighted by Crippen LogP contribution is 2.20. The molecule has 1 aliphatic rings. The summed E-state index contributed by atoms with van der Waals surface area (Å²) in [7, 11) is 0. The molecular weight excluding hydrogens is 260 g/mol. The van der Waals surface area contributed by atoms with Crippen LogP contribution >= 0.6 is 27.3 Å². The highest BCUT2D eigenvalue weighted by Gasteiger charge is 2.09. The van der Waals surface area contributed by atoms with Crippen LogP contribution < -0.4 is 5.32 Å². The molecule has 1 N–H and O–H groups in total. The van der Waals surface area contributed by atoms with E-state index in [0.29, 0.717) is 0 Å². The topological polar surface area (TPSA) is 15.3 Å². The second-order valence-electron chi connectivity index (χ2n) is 3.57. The van der Waals surface area contributed by atoms with Crippen LogP contribution in [-0.2, 0) is 6.42 Å². The van der Waals surface area contributed by atoms with Crippen LogP contribution in [0.2, 0.25) is 0 Å². The summed E-state index contributed by atoms with van der Waals surface area (Å²) < 4.78 is 1.22. The normalized spacial score (nSPS) is 18.6. The molecule has 2 rings (SSSR count). The molecule has 1 fully saturated rings. The molecule has 1 aromatic heterocycles. The van der Waals surface area contributed by atoms with E-state index in [-0.39, 0.29) is 0 Å². The Labute approximate surface area is 97.4 Å². The molecule has 14 heavy (non-hydrogen) atoms. The number of piperazine rings is 1. The Balaban J connectivity index is 1.76. The summed E-state index contributed by atoms with van der Waals surface area (Å²) in [5, 5.41) is 5.53. The van der Waals surface area contributed by atoms with Crippen molar-refractivity contribution in [1.82, 2.24) is 10.2 Å². The second-order valence-corrected chi connectivity index (χ2v) is 5.48. The first-order valence-electron chi connectivity index (χ1n) is 5.00. The van der Waals surface area contributed by atoms with Gasteiger partial charge in [-0.1, -0.05) is 0 Å². The van der Waals surface area contributed by atoms with Crippen LogP contribution in [0.1, 0.15) is 4.88 Å². The molecule has 1 saturated heterocycles. The zero-order chi connectivity index (χ0) is 9.80. The molecule has 2 heterocycles. The van der Waals surface area contributed by atoms with Crippen molar-refractivity contribution in [3.8, 4) is 0 Å².